The number of allylic oxidation sites excluding steroid dienone is 1. The van der Waals surface area contributed by atoms with Crippen molar-refractivity contribution < 1.29 is 33.6 Å². The lowest BCUT2D eigenvalue weighted by Crippen LogP contribution is -2.84. The molecule has 5 fully saturated rings. The van der Waals surface area contributed by atoms with E-state index in [1.165, 1.54) is 5.57 Å². The van der Waals surface area contributed by atoms with Crippen LogP contribution in [-0.2, 0) is 28.5 Å². The van der Waals surface area contributed by atoms with Gasteiger partial charge < -0.3 is 28.8 Å². The Balaban J connectivity index is 1.63. The van der Waals surface area contributed by atoms with E-state index in [2.05, 4.69) is 20.4 Å². The van der Waals surface area contributed by atoms with Gasteiger partial charge >= 0.3 is 0 Å². The molecule has 4 aliphatic carbocycles. The van der Waals surface area contributed by atoms with Crippen molar-refractivity contribution in [1.29, 1.82) is 0 Å². The second-order valence-corrected chi connectivity index (χ2v) is 11.9. The van der Waals surface area contributed by atoms with Crippen LogP contribution >= 0.6 is 0 Å². The molecule has 3 heterocycles. The fraction of sp³-hybridized carbons (Fsp3) is 0.815. The van der Waals surface area contributed by atoms with Crippen molar-refractivity contribution in [1.82, 2.24) is 0 Å². The minimum absolute atomic E-state index is 0.0760. The summed E-state index contributed by atoms with van der Waals surface area (Å²) >= 11 is 0. The fourth-order valence-electron chi connectivity index (χ4n) is 9.61. The molecule has 2 saturated heterocycles. The Bertz CT molecular complexity index is 970. The standard InChI is InChI=1S/C27H38O7/c1-7-32-18-11-8-15-12-24(3,4)19-21(29)27(31-6)26-17(25(19,13-33-27)22(15)34-18)10-9-16(23(26)30-5)14(2)20(26)28/h16-19,21,23,29H,2,7-13H2,1,3-6H3/t16-,17-,18-,19+,21-,23+,25-,26-,27-/m0/s1. The smallest absolute Gasteiger partial charge is 0.210 e. The van der Waals surface area contributed by atoms with Gasteiger partial charge in [-0.1, -0.05) is 20.4 Å². The maximum atomic E-state index is 14.2. The summed E-state index contributed by atoms with van der Waals surface area (Å²) in [6.45, 7) is 11.5. The van der Waals surface area contributed by atoms with Gasteiger partial charge in [0.1, 0.15) is 17.3 Å². The first-order valence-corrected chi connectivity index (χ1v) is 12.8. The van der Waals surface area contributed by atoms with Crippen LogP contribution in [0.3, 0.4) is 0 Å². The summed E-state index contributed by atoms with van der Waals surface area (Å²) in [6, 6.07) is 0. The summed E-state index contributed by atoms with van der Waals surface area (Å²) in [4.78, 5) is 14.2. The van der Waals surface area contributed by atoms with Crippen molar-refractivity contribution >= 4 is 5.78 Å². The van der Waals surface area contributed by atoms with Gasteiger partial charge in [0, 0.05) is 39.1 Å². The van der Waals surface area contributed by atoms with Gasteiger partial charge in [0.05, 0.1) is 18.1 Å². The number of carbonyl (C=O) groups excluding carboxylic acids is 1. The predicted octanol–water partition coefficient (Wildman–Crippen LogP) is 3.36. The number of Topliss-reactive ketones (excluding diaryl/α,β-unsaturated/α-hetero) is 1. The molecule has 188 valence electrons. The average molecular weight is 475 g/mol. The van der Waals surface area contributed by atoms with Crippen molar-refractivity contribution in [2.45, 2.75) is 77.2 Å². The highest BCUT2D eigenvalue weighted by Gasteiger charge is 2.88. The Kier molecular flexibility index (Phi) is 4.88. The molecular weight excluding hydrogens is 436 g/mol. The molecule has 4 bridgehead atoms. The molecule has 7 nitrogen and oxygen atoms in total. The van der Waals surface area contributed by atoms with Gasteiger partial charge in [-0.05, 0) is 55.1 Å². The van der Waals surface area contributed by atoms with Crippen LogP contribution in [0.15, 0.2) is 23.5 Å². The summed E-state index contributed by atoms with van der Waals surface area (Å²) < 4.78 is 31.4. The maximum absolute atomic E-state index is 14.2. The van der Waals surface area contributed by atoms with Crippen molar-refractivity contribution in [3.8, 4) is 0 Å². The summed E-state index contributed by atoms with van der Waals surface area (Å²) in [5.74, 6) is -1.11. The van der Waals surface area contributed by atoms with Crippen LogP contribution < -0.4 is 0 Å². The summed E-state index contributed by atoms with van der Waals surface area (Å²) in [7, 11) is 3.21. The molecule has 9 atom stereocenters. The second kappa shape index (κ2) is 7.16. The van der Waals surface area contributed by atoms with Gasteiger partial charge in [-0.25, -0.2) is 0 Å². The van der Waals surface area contributed by atoms with E-state index in [0.29, 0.717) is 18.8 Å². The molecule has 0 unspecified atom stereocenters. The molecule has 3 saturated carbocycles. The minimum Gasteiger partial charge on any atom is -0.469 e. The number of hydrogen-bond donors (Lipinski definition) is 1. The SMILES string of the molecule is C=C1C(=O)[C@]23[C@H](OC)[C@H]1CC[C@H]2[C@@]12CO[C@@]3(OC)[C@@H](O)[C@@H]1C(C)(C)CC1=C2O[C@H](OCC)CC1. The lowest BCUT2D eigenvalue weighted by Gasteiger charge is -2.74. The molecular formula is C27H38O7. The minimum atomic E-state index is -1.48. The highest BCUT2D eigenvalue weighted by atomic mass is 16.7. The number of methoxy groups -OCH3 is 2. The molecule has 0 aromatic rings. The third kappa shape index (κ3) is 2.26. The Hall–Kier alpha value is -1.25. The summed E-state index contributed by atoms with van der Waals surface area (Å²) in [6.07, 6.45) is 2.35. The van der Waals surface area contributed by atoms with Crippen molar-refractivity contribution in [3.63, 3.8) is 0 Å². The maximum Gasteiger partial charge on any atom is 0.210 e. The van der Waals surface area contributed by atoms with Crippen LogP contribution in [0.5, 0.6) is 0 Å². The van der Waals surface area contributed by atoms with E-state index < -0.39 is 28.8 Å². The van der Waals surface area contributed by atoms with Gasteiger partial charge in [-0.3, -0.25) is 4.79 Å². The van der Waals surface area contributed by atoms with E-state index in [1.807, 2.05) is 6.92 Å². The highest BCUT2D eigenvalue weighted by Crippen LogP contribution is 2.78. The Morgan fingerprint density at radius 1 is 1.21 bits per heavy atom. The molecule has 7 aliphatic rings. The van der Waals surface area contributed by atoms with E-state index in [0.717, 1.165) is 37.9 Å². The highest BCUT2D eigenvalue weighted by molar-refractivity contribution is 6.05. The lowest BCUT2D eigenvalue weighted by molar-refractivity contribution is -0.450. The largest absolute Gasteiger partial charge is 0.469 e. The first kappa shape index (κ1) is 23.2. The van der Waals surface area contributed by atoms with Gasteiger partial charge in [0.2, 0.25) is 5.79 Å². The number of ketones is 1. The third-order valence-electron chi connectivity index (χ3n) is 10.3. The van der Waals surface area contributed by atoms with Gasteiger partial charge in [-0.2, -0.15) is 0 Å². The number of hydrogen-bond acceptors (Lipinski definition) is 7. The normalized spacial score (nSPS) is 50.5. The second-order valence-electron chi connectivity index (χ2n) is 11.9. The Labute approximate surface area is 201 Å². The van der Waals surface area contributed by atoms with Crippen molar-refractivity contribution in [2.75, 3.05) is 27.4 Å². The van der Waals surface area contributed by atoms with Gasteiger partial charge in [-0.15, -0.1) is 0 Å². The van der Waals surface area contributed by atoms with Crippen LogP contribution in [0.25, 0.3) is 0 Å². The van der Waals surface area contributed by atoms with Crippen LogP contribution in [0, 0.1) is 34.0 Å². The van der Waals surface area contributed by atoms with Gasteiger partial charge in [0.15, 0.2) is 12.1 Å². The number of carbonyl (C=O) groups is 1. The van der Waals surface area contributed by atoms with Crippen molar-refractivity contribution in [2.24, 2.45) is 34.0 Å². The Morgan fingerprint density at radius 2 is 1.97 bits per heavy atom. The molecule has 0 radical (unpaired) electrons. The molecule has 2 spiro atoms. The molecule has 0 aromatic carbocycles. The first-order chi connectivity index (χ1) is 16.2. The van der Waals surface area contributed by atoms with E-state index in [4.69, 9.17) is 23.7 Å². The number of ether oxygens (including phenoxy) is 5. The molecule has 0 amide bonds. The summed E-state index contributed by atoms with van der Waals surface area (Å²) in [5.41, 5.74) is -0.210. The third-order valence-corrected chi connectivity index (χ3v) is 10.3. The van der Waals surface area contributed by atoms with Gasteiger partial charge in [0.25, 0.3) is 0 Å². The summed E-state index contributed by atoms with van der Waals surface area (Å²) in [5, 5.41) is 12.2. The zero-order chi connectivity index (χ0) is 24.3. The lowest BCUT2D eigenvalue weighted by atomic mass is 9.36. The molecule has 7 rings (SSSR count). The van der Waals surface area contributed by atoms with Crippen molar-refractivity contribution in [3.05, 3.63) is 23.5 Å². The zero-order valence-corrected chi connectivity index (χ0v) is 21.0. The molecule has 34 heavy (non-hydrogen) atoms. The first-order valence-electron chi connectivity index (χ1n) is 12.8. The Morgan fingerprint density at radius 3 is 2.65 bits per heavy atom. The average Bonchev–Trinajstić information content (AvgIpc) is 2.94. The number of fused-ring (bicyclic) bond motifs is 2. The van der Waals surface area contributed by atoms with Crippen LogP contribution in [0.2, 0.25) is 0 Å². The number of rotatable bonds is 4. The van der Waals surface area contributed by atoms with Crippen LogP contribution in [-0.4, -0.2) is 62.6 Å². The van der Waals surface area contributed by atoms with E-state index in [-0.39, 0.29) is 35.2 Å². The van der Waals surface area contributed by atoms with E-state index in [9.17, 15) is 9.90 Å². The van der Waals surface area contributed by atoms with Crippen LogP contribution in [0.1, 0.15) is 52.9 Å². The molecule has 7 heteroatoms. The predicted molar refractivity (Wildman–Crippen MR) is 122 cm³/mol. The molecule has 0 aromatic heterocycles. The molecule has 1 N–H and O–H groups in total. The van der Waals surface area contributed by atoms with E-state index >= 15 is 0 Å². The zero-order valence-electron chi connectivity index (χ0n) is 21.0. The quantitative estimate of drug-likeness (QED) is 0.626. The van der Waals surface area contributed by atoms with Crippen LogP contribution in [0.4, 0.5) is 0 Å². The number of aliphatic hydroxyl groups excluding tert-OH is 1. The number of aliphatic hydroxyl groups is 1. The molecule has 3 aliphatic heterocycles. The fourth-order valence-corrected chi connectivity index (χ4v) is 9.61. The van der Waals surface area contributed by atoms with E-state index in [1.54, 1.807) is 14.2 Å². The topological polar surface area (TPSA) is 83.5 Å². The monoisotopic (exact) mass is 474 g/mol.